The van der Waals surface area contributed by atoms with Gasteiger partial charge in [-0.25, -0.2) is 13.1 Å². The van der Waals surface area contributed by atoms with E-state index in [0.717, 1.165) is 24.2 Å². The molecule has 2 rings (SSSR count). The summed E-state index contributed by atoms with van der Waals surface area (Å²) in [6.45, 7) is 4.39. The van der Waals surface area contributed by atoms with Crippen molar-refractivity contribution in [3.8, 4) is 5.75 Å². The molecule has 0 fully saturated rings. The molecule has 0 heterocycles. The number of hydrogen-bond donors (Lipinski definition) is 1. The molecule has 6 heteroatoms. The maximum absolute atomic E-state index is 12.1. The number of nitrogens with one attached hydrogen (secondary N) is 1. The van der Waals surface area contributed by atoms with Crippen LogP contribution in [-0.2, 0) is 22.2 Å². The second kappa shape index (κ2) is 9.22. The Hall–Kier alpha value is -1.56. The van der Waals surface area contributed by atoms with E-state index in [1.807, 2.05) is 38.1 Å². The fraction of sp³-hybridized carbons (Fsp3) is 0.368. The Balaban J connectivity index is 1.76. The van der Waals surface area contributed by atoms with Crippen molar-refractivity contribution >= 4 is 21.6 Å². The van der Waals surface area contributed by atoms with Crippen LogP contribution in [-0.4, -0.2) is 21.1 Å². The van der Waals surface area contributed by atoms with Crippen LogP contribution in [0, 0.1) is 0 Å². The molecule has 0 aliphatic heterocycles. The zero-order valence-corrected chi connectivity index (χ0v) is 16.1. The molecule has 0 radical (unpaired) electrons. The molecule has 0 bridgehead atoms. The fourth-order valence-electron chi connectivity index (χ4n) is 2.42. The van der Waals surface area contributed by atoms with Gasteiger partial charge in [0.2, 0.25) is 10.0 Å². The van der Waals surface area contributed by atoms with Crippen LogP contribution in [0.25, 0.3) is 0 Å². The van der Waals surface area contributed by atoms with Crippen LogP contribution < -0.4 is 9.46 Å². The number of ether oxygens (including phenoxy) is 1. The second-order valence-corrected chi connectivity index (χ2v) is 8.44. The Kier molecular flexibility index (Phi) is 7.29. The molecule has 136 valence electrons. The summed E-state index contributed by atoms with van der Waals surface area (Å²) in [6.07, 6.45) is 1.70. The van der Waals surface area contributed by atoms with Crippen molar-refractivity contribution in [2.75, 3.05) is 6.54 Å². The van der Waals surface area contributed by atoms with Crippen molar-refractivity contribution in [1.82, 2.24) is 4.72 Å². The third-order valence-electron chi connectivity index (χ3n) is 3.51. The van der Waals surface area contributed by atoms with Crippen molar-refractivity contribution in [2.24, 2.45) is 0 Å². The molecule has 0 spiro atoms. The summed E-state index contributed by atoms with van der Waals surface area (Å²) >= 11 is 5.88. The lowest BCUT2D eigenvalue weighted by molar-refractivity contribution is 0.242. The average molecular weight is 382 g/mol. The van der Waals surface area contributed by atoms with Gasteiger partial charge in [-0.15, -0.1) is 0 Å². The summed E-state index contributed by atoms with van der Waals surface area (Å²) < 4.78 is 32.4. The molecule has 0 unspecified atom stereocenters. The Bertz CT molecular complexity index is 774. The van der Waals surface area contributed by atoms with Crippen LogP contribution in [0.3, 0.4) is 0 Å². The van der Waals surface area contributed by atoms with E-state index in [9.17, 15) is 8.42 Å². The molecule has 0 saturated carbocycles. The maximum Gasteiger partial charge on any atom is 0.215 e. The summed E-state index contributed by atoms with van der Waals surface area (Å²) in [7, 11) is -3.35. The largest absolute Gasteiger partial charge is 0.491 e. The van der Waals surface area contributed by atoms with E-state index in [1.165, 1.54) is 0 Å². The van der Waals surface area contributed by atoms with E-state index >= 15 is 0 Å². The Morgan fingerprint density at radius 3 is 2.44 bits per heavy atom. The first-order valence-electron chi connectivity index (χ1n) is 8.31. The van der Waals surface area contributed by atoms with Crippen molar-refractivity contribution in [3.63, 3.8) is 0 Å². The molecule has 25 heavy (non-hydrogen) atoms. The van der Waals surface area contributed by atoms with Crippen molar-refractivity contribution in [3.05, 3.63) is 64.7 Å². The fourth-order valence-corrected chi connectivity index (χ4v) is 3.81. The van der Waals surface area contributed by atoms with Crippen molar-refractivity contribution in [2.45, 2.75) is 38.5 Å². The van der Waals surface area contributed by atoms with Gasteiger partial charge in [0.1, 0.15) is 5.75 Å². The first kappa shape index (κ1) is 19.8. The van der Waals surface area contributed by atoms with E-state index in [4.69, 9.17) is 16.3 Å². The lowest BCUT2D eigenvalue weighted by Crippen LogP contribution is -2.26. The molecule has 2 aromatic carbocycles. The van der Waals surface area contributed by atoms with Gasteiger partial charge in [-0.1, -0.05) is 35.9 Å². The lowest BCUT2D eigenvalue weighted by Gasteiger charge is -2.10. The summed E-state index contributed by atoms with van der Waals surface area (Å²) in [6, 6.07) is 14.8. The van der Waals surface area contributed by atoms with Gasteiger partial charge in [0.15, 0.2) is 0 Å². The topological polar surface area (TPSA) is 55.4 Å². The number of halogens is 1. The van der Waals surface area contributed by atoms with Gasteiger partial charge >= 0.3 is 0 Å². The first-order chi connectivity index (χ1) is 11.8. The highest BCUT2D eigenvalue weighted by Gasteiger charge is 2.11. The number of benzene rings is 2. The Morgan fingerprint density at radius 1 is 1.08 bits per heavy atom. The van der Waals surface area contributed by atoms with Crippen LogP contribution in [0.1, 0.15) is 31.4 Å². The minimum Gasteiger partial charge on any atom is -0.491 e. The van der Waals surface area contributed by atoms with Crippen LogP contribution in [0.4, 0.5) is 0 Å². The van der Waals surface area contributed by atoms with Gasteiger partial charge in [-0.05, 0) is 62.1 Å². The van der Waals surface area contributed by atoms with E-state index in [0.29, 0.717) is 17.1 Å². The van der Waals surface area contributed by atoms with Crippen molar-refractivity contribution in [1.29, 1.82) is 0 Å². The Labute approximate surface area is 155 Å². The SMILES string of the molecule is CC(C)Oc1ccc(CCCNS(=O)(=O)Cc2cccc(Cl)c2)cc1. The summed E-state index contributed by atoms with van der Waals surface area (Å²) in [5.41, 5.74) is 1.84. The standard InChI is InChI=1S/C19H24ClNO3S/c1-15(2)24-19-10-8-16(9-11-19)6-4-12-21-25(22,23)14-17-5-3-7-18(20)13-17/h3,5,7-11,13,15,21H,4,6,12,14H2,1-2H3. The molecule has 1 N–H and O–H groups in total. The monoisotopic (exact) mass is 381 g/mol. The summed E-state index contributed by atoms with van der Waals surface area (Å²) in [4.78, 5) is 0. The van der Waals surface area contributed by atoms with Gasteiger partial charge in [-0.3, -0.25) is 0 Å². The quantitative estimate of drug-likeness (QED) is 0.663. The number of rotatable bonds is 9. The van der Waals surface area contributed by atoms with Crippen LogP contribution in [0.2, 0.25) is 5.02 Å². The molecule has 4 nitrogen and oxygen atoms in total. The van der Waals surface area contributed by atoms with Crippen LogP contribution >= 0.6 is 11.6 Å². The predicted molar refractivity (Wildman–Crippen MR) is 103 cm³/mol. The second-order valence-electron chi connectivity index (χ2n) is 6.20. The van der Waals surface area contributed by atoms with Gasteiger partial charge < -0.3 is 4.74 Å². The normalized spacial score (nSPS) is 11.7. The van der Waals surface area contributed by atoms with E-state index in [1.54, 1.807) is 24.3 Å². The van der Waals surface area contributed by atoms with E-state index in [2.05, 4.69) is 4.72 Å². The molecule has 0 aliphatic carbocycles. The highest BCUT2D eigenvalue weighted by molar-refractivity contribution is 7.88. The number of aryl methyl sites for hydroxylation is 1. The zero-order chi connectivity index (χ0) is 18.3. The van der Waals surface area contributed by atoms with Gasteiger partial charge in [0.05, 0.1) is 11.9 Å². The van der Waals surface area contributed by atoms with Crippen LogP contribution in [0.15, 0.2) is 48.5 Å². The van der Waals surface area contributed by atoms with E-state index < -0.39 is 10.0 Å². The minimum absolute atomic E-state index is 0.0607. The van der Waals surface area contributed by atoms with Crippen LogP contribution in [0.5, 0.6) is 5.75 Å². The average Bonchev–Trinajstić information content (AvgIpc) is 2.52. The van der Waals surface area contributed by atoms with E-state index in [-0.39, 0.29) is 11.9 Å². The Morgan fingerprint density at radius 2 is 1.80 bits per heavy atom. The molecule has 0 aromatic heterocycles. The molecule has 2 aromatic rings. The highest BCUT2D eigenvalue weighted by atomic mass is 35.5. The molecular formula is C19H24ClNO3S. The summed E-state index contributed by atoms with van der Waals surface area (Å²) in [5.74, 6) is 0.787. The molecule has 0 amide bonds. The number of sulfonamides is 1. The maximum atomic E-state index is 12.1. The predicted octanol–water partition coefficient (Wildman–Crippen LogP) is 4.18. The third kappa shape index (κ3) is 7.46. The smallest absolute Gasteiger partial charge is 0.215 e. The third-order valence-corrected chi connectivity index (χ3v) is 5.10. The first-order valence-corrected chi connectivity index (χ1v) is 10.3. The summed E-state index contributed by atoms with van der Waals surface area (Å²) in [5, 5.41) is 0.539. The van der Waals surface area contributed by atoms with Gasteiger partial charge in [-0.2, -0.15) is 0 Å². The zero-order valence-electron chi connectivity index (χ0n) is 14.5. The molecular weight excluding hydrogens is 358 g/mol. The molecule has 0 atom stereocenters. The number of hydrogen-bond acceptors (Lipinski definition) is 3. The van der Waals surface area contributed by atoms with Gasteiger partial charge in [0, 0.05) is 11.6 Å². The van der Waals surface area contributed by atoms with Gasteiger partial charge in [0.25, 0.3) is 0 Å². The molecule has 0 aliphatic rings. The molecule has 0 saturated heterocycles. The lowest BCUT2D eigenvalue weighted by atomic mass is 10.1. The highest BCUT2D eigenvalue weighted by Crippen LogP contribution is 2.15. The minimum atomic E-state index is -3.35. The van der Waals surface area contributed by atoms with Crippen molar-refractivity contribution < 1.29 is 13.2 Å².